The Morgan fingerprint density at radius 1 is 0.926 bits per heavy atom. The number of cyclic esters (lactones) is 1. The van der Waals surface area contributed by atoms with Crippen LogP contribution in [0.2, 0.25) is 0 Å². The van der Waals surface area contributed by atoms with Crippen molar-refractivity contribution < 1.29 is 14.3 Å². The molecule has 3 aromatic carbocycles. The summed E-state index contributed by atoms with van der Waals surface area (Å²) in [6.45, 7) is 0. The molecule has 0 fully saturated rings. The molecule has 4 rings (SSSR count). The number of rotatable bonds is 4. The number of ether oxygens (including phenoxy) is 2. The third-order valence-electron chi connectivity index (χ3n) is 4.29. The summed E-state index contributed by atoms with van der Waals surface area (Å²) in [5.41, 5.74) is 2.19. The summed E-state index contributed by atoms with van der Waals surface area (Å²) in [6, 6.07) is 21.6. The minimum atomic E-state index is -0.447. The number of carbonyl (C=O) groups is 1. The Balaban J connectivity index is 1.60. The predicted octanol–water partition coefficient (Wildman–Crippen LogP) is 4.86. The highest BCUT2D eigenvalue weighted by molar-refractivity contribution is 6.12. The summed E-state index contributed by atoms with van der Waals surface area (Å²) < 4.78 is 10.4. The fourth-order valence-corrected chi connectivity index (χ4v) is 2.90. The lowest BCUT2D eigenvalue weighted by Crippen LogP contribution is -2.01. The number of fused-ring (bicyclic) bond motifs is 1. The van der Waals surface area contributed by atoms with Crippen LogP contribution in [-0.4, -0.2) is 19.0 Å². The molecular weight excluding hydrogens is 338 g/mol. The van der Waals surface area contributed by atoms with E-state index in [2.05, 4.69) is 4.99 Å². The number of aliphatic imine (C=N–C) groups is 1. The predicted molar refractivity (Wildman–Crippen MR) is 107 cm³/mol. The maximum absolute atomic E-state index is 12.2. The second-order valence-corrected chi connectivity index (χ2v) is 6.04. The molecule has 4 nitrogen and oxygen atoms in total. The normalized spacial score (nSPS) is 15.4. The molecule has 0 saturated heterocycles. The minimum Gasteiger partial charge on any atom is -0.497 e. The average Bonchev–Trinajstić information content (AvgIpc) is 3.06. The van der Waals surface area contributed by atoms with Crippen LogP contribution in [0.15, 0.2) is 83.5 Å². The third kappa shape index (κ3) is 3.65. The lowest BCUT2D eigenvalue weighted by atomic mass is 10.0. The second-order valence-electron chi connectivity index (χ2n) is 6.04. The topological polar surface area (TPSA) is 47.9 Å². The molecule has 0 aliphatic carbocycles. The first-order valence-corrected chi connectivity index (χ1v) is 8.55. The van der Waals surface area contributed by atoms with Gasteiger partial charge in [-0.3, -0.25) is 0 Å². The Kier molecular flexibility index (Phi) is 4.54. The largest absolute Gasteiger partial charge is 0.497 e. The number of nitrogens with zero attached hydrogens (tertiary/aromatic N) is 1. The van der Waals surface area contributed by atoms with Gasteiger partial charge >= 0.3 is 5.97 Å². The lowest BCUT2D eigenvalue weighted by Gasteiger charge is -2.01. The minimum absolute atomic E-state index is 0.280. The zero-order chi connectivity index (χ0) is 18.6. The van der Waals surface area contributed by atoms with Crippen LogP contribution in [0.1, 0.15) is 11.1 Å². The van der Waals surface area contributed by atoms with Crippen LogP contribution in [-0.2, 0) is 9.53 Å². The number of benzene rings is 3. The molecule has 0 amide bonds. The highest BCUT2D eigenvalue weighted by Crippen LogP contribution is 2.23. The standard InChI is InChI=1S/C23H17NO3/c1-26-19-12-9-16(10-13-19)11-14-22-24-21(23(25)27-22)15-18-7-4-6-17-5-2-3-8-20(17)18/h2-15H,1H3/b14-11+,21-15?. The van der Waals surface area contributed by atoms with Crippen molar-refractivity contribution in [1.29, 1.82) is 0 Å². The number of carbonyl (C=O) groups excluding carboxylic acids is 1. The summed E-state index contributed by atoms with van der Waals surface area (Å²) in [5.74, 6) is 0.622. The number of hydrogen-bond acceptors (Lipinski definition) is 4. The van der Waals surface area contributed by atoms with Gasteiger partial charge in [-0.2, -0.15) is 0 Å². The maximum atomic E-state index is 12.2. The van der Waals surface area contributed by atoms with Gasteiger partial charge in [0.15, 0.2) is 5.70 Å². The summed E-state index contributed by atoms with van der Waals surface area (Å²) in [7, 11) is 1.63. The Morgan fingerprint density at radius 2 is 1.70 bits per heavy atom. The van der Waals surface area contributed by atoms with Gasteiger partial charge in [0.05, 0.1) is 7.11 Å². The van der Waals surface area contributed by atoms with Gasteiger partial charge in [0.2, 0.25) is 5.90 Å². The number of methoxy groups -OCH3 is 1. The highest BCUT2D eigenvalue weighted by atomic mass is 16.6. The molecule has 4 heteroatoms. The van der Waals surface area contributed by atoms with E-state index in [1.807, 2.05) is 72.8 Å². The van der Waals surface area contributed by atoms with E-state index in [0.29, 0.717) is 5.70 Å². The van der Waals surface area contributed by atoms with Gasteiger partial charge in [0, 0.05) is 6.08 Å². The van der Waals surface area contributed by atoms with Crippen LogP contribution in [0.5, 0.6) is 5.75 Å². The van der Waals surface area contributed by atoms with Gasteiger partial charge in [0.1, 0.15) is 5.75 Å². The molecule has 1 heterocycles. The van der Waals surface area contributed by atoms with E-state index in [1.165, 1.54) is 0 Å². The van der Waals surface area contributed by atoms with Crippen molar-refractivity contribution >= 4 is 34.8 Å². The van der Waals surface area contributed by atoms with Crippen molar-refractivity contribution in [3.63, 3.8) is 0 Å². The highest BCUT2D eigenvalue weighted by Gasteiger charge is 2.21. The monoisotopic (exact) mass is 355 g/mol. The summed E-state index contributed by atoms with van der Waals surface area (Å²) in [6.07, 6.45) is 5.29. The number of esters is 1. The molecule has 27 heavy (non-hydrogen) atoms. The Labute approximate surface area is 157 Å². The van der Waals surface area contributed by atoms with Crippen molar-refractivity contribution in [2.45, 2.75) is 0 Å². The first-order valence-electron chi connectivity index (χ1n) is 8.55. The SMILES string of the molecule is COc1ccc(/C=C/C2=NC(=Cc3cccc4ccccc34)C(=O)O2)cc1. The quantitative estimate of drug-likeness (QED) is 0.496. The van der Waals surface area contributed by atoms with Gasteiger partial charge in [0.25, 0.3) is 0 Å². The van der Waals surface area contributed by atoms with Gasteiger partial charge in [-0.1, -0.05) is 54.6 Å². The molecule has 0 radical (unpaired) electrons. The third-order valence-corrected chi connectivity index (χ3v) is 4.29. The Hall–Kier alpha value is -3.66. The lowest BCUT2D eigenvalue weighted by molar-refractivity contribution is -0.129. The van der Waals surface area contributed by atoms with Crippen molar-refractivity contribution in [1.82, 2.24) is 0 Å². The first-order chi connectivity index (χ1) is 13.2. The smallest absolute Gasteiger partial charge is 0.363 e. The summed E-state index contributed by atoms with van der Waals surface area (Å²) >= 11 is 0. The average molecular weight is 355 g/mol. The van der Waals surface area contributed by atoms with Crippen LogP contribution in [0.25, 0.3) is 22.9 Å². The molecule has 0 unspecified atom stereocenters. The van der Waals surface area contributed by atoms with Crippen LogP contribution in [0.3, 0.4) is 0 Å². The van der Waals surface area contributed by atoms with E-state index in [4.69, 9.17) is 9.47 Å². The van der Waals surface area contributed by atoms with Crippen LogP contribution >= 0.6 is 0 Å². The molecule has 3 aromatic rings. The fraction of sp³-hybridized carbons (Fsp3) is 0.0435. The number of hydrogen-bond donors (Lipinski definition) is 0. The van der Waals surface area contributed by atoms with Crippen molar-refractivity contribution in [3.05, 3.63) is 89.6 Å². The second kappa shape index (κ2) is 7.30. The molecule has 0 bridgehead atoms. The van der Waals surface area contributed by atoms with Crippen molar-refractivity contribution in [2.75, 3.05) is 7.11 Å². The molecular formula is C23H17NO3. The van der Waals surface area contributed by atoms with Crippen LogP contribution in [0, 0.1) is 0 Å². The van der Waals surface area contributed by atoms with Crippen molar-refractivity contribution in [3.8, 4) is 5.75 Å². The molecule has 0 atom stereocenters. The maximum Gasteiger partial charge on any atom is 0.363 e. The van der Waals surface area contributed by atoms with Gasteiger partial charge in [-0.15, -0.1) is 0 Å². The van der Waals surface area contributed by atoms with E-state index in [9.17, 15) is 4.79 Å². The molecule has 0 spiro atoms. The molecule has 1 aliphatic heterocycles. The molecule has 0 N–H and O–H groups in total. The van der Waals surface area contributed by atoms with Gasteiger partial charge < -0.3 is 9.47 Å². The molecule has 132 valence electrons. The van der Waals surface area contributed by atoms with Gasteiger partial charge in [-0.05, 0) is 46.2 Å². The van der Waals surface area contributed by atoms with Gasteiger partial charge in [-0.25, -0.2) is 9.79 Å². The Bertz CT molecular complexity index is 1090. The van der Waals surface area contributed by atoms with Crippen LogP contribution < -0.4 is 4.74 Å². The molecule has 0 aromatic heterocycles. The summed E-state index contributed by atoms with van der Waals surface area (Å²) in [4.78, 5) is 16.5. The molecule has 0 saturated carbocycles. The first kappa shape index (κ1) is 16.8. The van der Waals surface area contributed by atoms with E-state index in [1.54, 1.807) is 19.3 Å². The zero-order valence-electron chi connectivity index (χ0n) is 14.8. The van der Waals surface area contributed by atoms with Crippen molar-refractivity contribution in [2.24, 2.45) is 4.99 Å². The zero-order valence-corrected chi connectivity index (χ0v) is 14.8. The Morgan fingerprint density at radius 3 is 2.52 bits per heavy atom. The van der Waals surface area contributed by atoms with Crippen LogP contribution in [0.4, 0.5) is 0 Å². The fourth-order valence-electron chi connectivity index (χ4n) is 2.90. The van der Waals surface area contributed by atoms with E-state index < -0.39 is 5.97 Å². The van der Waals surface area contributed by atoms with E-state index in [-0.39, 0.29) is 5.90 Å². The van der Waals surface area contributed by atoms with E-state index in [0.717, 1.165) is 27.6 Å². The summed E-state index contributed by atoms with van der Waals surface area (Å²) in [5, 5.41) is 2.18. The molecule has 1 aliphatic rings. The van der Waals surface area contributed by atoms with E-state index >= 15 is 0 Å².